The van der Waals surface area contributed by atoms with Crippen molar-refractivity contribution in [1.82, 2.24) is 20.1 Å². The lowest BCUT2D eigenvalue weighted by Crippen LogP contribution is -2.26. The van der Waals surface area contributed by atoms with Gasteiger partial charge in [-0.15, -0.1) is 10.2 Å². The standard InChI is InChI=1S/C18H25ClN4OS/c1-3-5-6-7-12-20-16(24)13-25-18-22-21-17(23(18)4-2)14-8-10-15(19)11-9-14/h8-11H,3-7,12-13H2,1-2H3,(H,20,24). The Morgan fingerprint density at radius 1 is 1.16 bits per heavy atom. The average Bonchev–Trinajstić information content (AvgIpc) is 3.03. The Labute approximate surface area is 158 Å². The molecule has 0 aliphatic carbocycles. The van der Waals surface area contributed by atoms with Gasteiger partial charge in [0.2, 0.25) is 5.91 Å². The highest BCUT2D eigenvalue weighted by molar-refractivity contribution is 7.99. The molecule has 136 valence electrons. The van der Waals surface area contributed by atoms with E-state index in [9.17, 15) is 4.79 Å². The van der Waals surface area contributed by atoms with E-state index in [4.69, 9.17) is 11.6 Å². The molecule has 0 saturated carbocycles. The third-order valence-electron chi connectivity index (χ3n) is 3.82. The van der Waals surface area contributed by atoms with Crippen molar-refractivity contribution in [2.75, 3.05) is 12.3 Å². The number of nitrogens with zero attached hydrogens (tertiary/aromatic N) is 3. The summed E-state index contributed by atoms with van der Waals surface area (Å²) in [5.74, 6) is 1.19. The highest BCUT2D eigenvalue weighted by atomic mass is 35.5. The maximum absolute atomic E-state index is 12.0. The summed E-state index contributed by atoms with van der Waals surface area (Å²) in [5, 5.41) is 12.9. The van der Waals surface area contributed by atoms with E-state index < -0.39 is 0 Å². The van der Waals surface area contributed by atoms with Crippen molar-refractivity contribution in [3.8, 4) is 11.4 Å². The SMILES string of the molecule is CCCCCCNC(=O)CSc1nnc(-c2ccc(Cl)cc2)n1CC. The molecule has 1 amide bonds. The number of carbonyl (C=O) groups excluding carboxylic acids is 1. The Balaban J connectivity index is 1.90. The molecule has 0 spiro atoms. The lowest BCUT2D eigenvalue weighted by atomic mass is 10.2. The van der Waals surface area contributed by atoms with E-state index in [2.05, 4.69) is 22.4 Å². The van der Waals surface area contributed by atoms with Crippen LogP contribution in [-0.4, -0.2) is 33.0 Å². The Bertz CT molecular complexity index is 672. The zero-order valence-corrected chi connectivity index (χ0v) is 16.4. The molecule has 2 aromatic rings. The molecule has 25 heavy (non-hydrogen) atoms. The molecule has 0 unspecified atom stereocenters. The maximum atomic E-state index is 12.0. The predicted octanol–water partition coefficient (Wildman–Crippen LogP) is 4.41. The minimum atomic E-state index is 0.0418. The molecule has 1 aromatic carbocycles. The van der Waals surface area contributed by atoms with Crippen molar-refractivity contribution < 1.29 is 4.79 Å². The number of halogens is 1. The van der Waals surface area contributed by atoms with Gasteiger partial charge in [0, 0.05) is 23.7 Å². The van der Waals surface area contributed by atoms with Crippen LogP contribution in [0.4, 0.5) is 0 Å². The molecule has 1 aromatic heterocycles. The largest absolute Gasteiger partial charge is 0.355 e. The van der Waals surface area contributed by atoms with Crippen molar-refractivity contribution in [2.24, 2.45) is 0 Å². The van der Waals surface area contributed by atoms with Crippen LogP contribution in [0.25, 0.3) is 11.4 Å². The molecule has 0 fully saturated rings. The van der Waals surface area contributed by atoms with Gasteiger partial charge in [-0.2, -0.15) is 0 Å². The number of unbranched alkanes of at least 4 members (excludes halogenated alkanes) is 3. The Kier molecular flexibility index (Phi) is 8.28. The van der Waals surface area contributed by atoms with Gasteiger partial charge in [0.15, 0.2) is 11.0 Å². The molecule has 5 nitrogen and oxygen atoms in total. The molecule has 0 radical (unpaired) electrons. The van der Waals surface area contributed by atoms with Gasteiger partial charge in [-0.05, 0) is 37.6 Å². The second-order valence-corrected chi connectivity index (χ2v) is 7.14. The highest BCUT2D eigenvalue weighted by Crippen LogP contribution is 2.24. The molecule has 0 atom stereocenters. The fraction of sp³-hybridized carbons (Fsp3) is 0.500. The van der Waals surface area contributed by atoms with Crippen LogP contribution in [0.1, 0.15) is 39.5 Å². The number of amides is 1. The number of thioether (sulfide) groups is 1. The van der Waals surface area contributed by atoms with Gasteiger partial charge in [0.25, 0.3) is 0 Å². The van der Waals surface area contributed by atoms with E-state index in [0.29, 0.717) is 10.8 Å². The number of carbonyl (C=O) groups is 1. The summed E-state index contributed by atoms with van der Waals surface area (Å²) in [7, 11) is 0. The summed E-state index contributed by atoms with van der Waals surface area (Å²) in [6.07, 6.45) is 4.62. The third-order valence-corrected chi connectivity index (χ3v) is 5.04. The topological polar surface area (TPSA) is 59.8 Å². The van der Waals surface area contributed by atoms with Crippen LogP contribution in [0.5, 0.6) is 0 Å². The van der Waals surface area contributed by atoms with E-state index in [1.165, 1.54) is 31.0 Å². The van der Waals surface area contributed by atoms with E-state index in [1.807, 2.05) is 35.8 Å². The van der Waals surface area contributed by atoms with Crippen LogP contribution in [0.2, 0.25) is 5.02 Å². The fourth-order valence-corrected chi connectivity index (χ4v) is 3.41. The molecule has 1 N–H and O–H groups in total. The lowest BCUT2D eigenvalue weighted by molar-refractivity contribution is -0.118. The van der Waals surface area contributed by atoms with Crippen molar-refractivity contribution in [2.45, 2.75) is 51.2 Å². The van der Waals surface area contributed by atoms with Gasteiger partial charge in [0.05, 0.1) is 5.75 Å². The molecule has 7 heteroatoms. The number of hydrogen-bond acceptors (Lipinski definition) is 4. The summed E-state index contributed by atoms with van der Waals surface area (Å²) >= 11 is 7.36. The first-order valence-corrected chi connectivity index (χ1v) is 10.1. The second-order valence-electron chi connectivity index (χ2n) is 5.76. The number of aromatic nitrogens is 3. The summed E-state index contributed by atoms with van der Waals surface area (Å²) in [4.78, 5) is 12.0. The van der Waals surface area contributed by atoms with Crippen molar-refractivity contribution >= 4 is 29.3 Å². The normalized spacial score (nSPS) is 10.8. The molecule has 0 aliphatic rings. The average molecular weight is 381 g/mol. The summed E-state index contributed by atoms with van der Waals surface area (Å²) in [5.41, 5.74) is 0.964. The van der Waals surface area contributed by atoms with Gasteiger partial charge in [-0.1, -0.05) is 49.5 Å². The number of hydrogen-bond donors (Lipinski definition) is 1. The molecule has 1 heterocycles. The van der Waals surface area contributed by atoms with Crippen LogP contribution in [-0.2, 0) is 11.3 Å². The van der Waals surface area contributed by atoms with Crippen LogP contribution >= 0.6 is 23.4 Å². The summed E-state index contributed by atoms with van der Waals surface area (Å²) in [6.45, 7) is 5.71. The number of nitrogens with one attached hydrogen (secondary N) is 1. The second kappa shape index (κ2) is 10.5. The van der Waals surface area contributed by atoms with Crippen LogP contribution in [0.15, 0.2) is 29.4 Å². The van der Waals surface area contributed by atoms with E-state index in [1.54, 1.807) is 0 Å². The van der Waals surface area contributed by atoms with Gasteiger partial charge in [-0.3, -0.25) is 4.79 Å². The zero-order valence-electron chi connectivity index (χ0n) is 14.8. The molecule has 2 rings (SSSR count). The van der Waals surface area contributed by atoms with Crippen LogP contribution in [0.3, 0.4) is 0 Å². The van der Waals surface area contributed by atoms with Crippen molar-refractivity contribution in [3.05, 3.63) is 29.3 Å². The van der Waals surface area contributed by atoms with Crippen LogP contribution < -0.4 is 5.32 Å². The first-order chi connectivity index (χ1) is 12.2. The molecule has 0 saturated heterocycles. The van der Waals surface area contributed by atoms with Crippen LogP contribution in [0, 0.1) is 0 Å². The zero-order chi connectivity index (χ0) is 18.1. The fourth-order valence-electron chi connectivity index (χ4n) is 2.45. The summed E-state index contributed by atoms with van der Waals surface area (Å²) < 4.78 is 2.02. The lowest BCUT2D eigenvalue weighted by Gasteiger charge is -2.08. The molecular weight excluding hydrogens is 356 g/mol. The first kappa shape index (κ1) is 19.8. The van der Waals surface area contributed by atoms with Gasteiger partial charge in [-0.25, -0.2) is 0 Å². The van der Waals surface area contributed by atoms with Gasteiger partial charge < -0.3 is 9.88 Å². The monoisotopic (exact) mass is 380 g/mol. The maximum Gasteiger partial charge on any atom is 0.230 e. The van der Waals surface area contributed by atoms with E-state index in [-0.39, 0.29) is 5.91 Å². The van der Waals surface area contributed by atoms with Gasteiger partial charge >= 0.3 is 0 Å². The third kappa shape index (κ3) is 6.04. The Hall–Kier alpha value is -1.53. The minimum absolute atomic E-state index is 0.0418. The van der Waals surface area contributed by atoms with Crippen molar-refractivity contribution in [3.63, 3.8) is 0 Å². The van der Waals surface area contributed by atoms with E-state index >= 15 is 0 Å². The minimum Gasteiger partial charge on any atom is -0.355 e. The Morgan fingerprint density at radius 3 is 2.60 bits per heavy atom. The quantitative estimate of drug-likeness (QED) is 0.490. The predicted molar refractivity (Wildman–Crippen MR) is 104 cm³/mol. The van der Waals surface area contributed by atoms with E-state index in [0.717, 1.165) is 36.1 Å². The Morgan fingerprint density at radius 2 is 1.92 bits per heavy atom. The molecular formula is C18H25ClN4OS. The smallest absolute Gasteiger partial charge is 0.230 e. The van der Waals surface area contributed by atoms with Gasteiger partial charge in [0.1, 0.15) is 0 Å². The summed E-state index contributed by atoms with van der Waals surface area (Å²) in [6, 6.07) is 7.53. The molecule has 0 bridgehead atoms. The number of rotatable bonds is 10. The first-order valence-electron chi connectivity index (χ1n) is 8.74. The number of benzene rings is 1. The highest BCUT2D eigenvalue weighted by Gasteiger charge is 2.14. The molecule has 0 aliphatic heterocycles. The van der Waals surface area contributed by atoms with Crippen molar-refractivity contribution in [1.29, 1.82) is 0 Å².